The standard InChI is InChI=1S/C17H24FN3O3S/c1-24-9-8-19-6-7-20-16(22)14-11-25-15(17(23)21-14)10-12-4-2-3-5-13(12)18/h2-5,14-15,19H,6-11H2,1H3,(H,20,22)(H,21,23). The van der Waals surface area contributed by atoms with Crippen molar-refractivity contribution < 1.29 is 18.7 Å². The smallest absolute Gasteiger partial charge is 0.243 e. The molecule has 138 valence electrons. The number of thioether (sulfide) groups is 1. The molecular weight excluding hydrogens is 345 g/mol. The molecule has 6 nitrogen and oxygen atoms in total. The number of nitrogens with one attached hydrogen (secondary N) is 3. The second-order valence-corrected chi connectivity index (χ2v) is 6.95. The summed E-state index contributed by atoms with van der Waals surface area (Å²) in [4.78, 5) is 24.3. The third-order valence-electron chi connectivity index (χ3n) is 3.84. The zero-order valence-corrected chi connectivity index (χ0v) is 15.0. The quantitative estimate of drug-likeness (QED) is 0.547. The van der Waals surface area contributed by atoms with Gasteiger partial charge in [0.05, 0.1) is 11.9 Å². The highest BCUT2D eigenvalue weighted by Gasteiger charge is 2.32. The van der Waals surface area contributed by atoms with E-state index >= 15 is 0 Å². The van der Waals surface area contributed by atoms with Crippen molar-refractivity contribution in [2.45, 2.75) is 17.7 Å². The molecule has 25 heavy (non-hydrogen) atoms. The first kappa shape index (κ1) is 19.7. The van der Waals surface area contributed by atoms with E-state index in [0.29, 0.717) is 37.4 Å². The SMILES string of the molecule is COCCNCCNC(=O)C1CSC(Cc2ccccc2F)C(=O)N1. The van der Waals surface area contributed by atoms with E-state index in [1.807, 2.05) is 0 Å². The zero-order chi connectivity index (χ0) is 18.1. The summed E-state index contributed by atoms with van der Waals surface area (Å²) < 4.78 is 18.6. The van der Waals surface area contributed by atoms with Gasteiger partial charge in [0.15, 0.2) is 0 Å². The molecule has 1 saturated heterocycles. The van der Waals surface area contributed by atoms with Crippen LogP contribution in [-0.2, 0) is 20.7 Å². The van der Waals surface area contributed by atoms with Crippen LogP contribution in [0.2, 0.25) is 0 Å². The van der Waals surface area contributed by atoms with E-state index in [4.69, 9.17) is 4.74 Å². The predicted molar refractivity (Wildman–Crippen MR) is 96.0 cm³/mol. The second kappa shape index (κ2) is 10.4. The summed E-state index contributed by atoms with van der Waals surface area (Å²) in [5.74, 6) is -0.248. The monoisotopic (exact) mass is 369 g/mol. The molecule has 3 N–H and O–H groups in total. The minimum atomic E-state index is -0.548. The highest BCUT2D eigenvalue weighted by atomic mass is 32.2. The minimum Gasteiger partial charge on any atom is -0.383 e. The highest BCUT2D eigenvalue weighted by Crippen LogP contribution is 2.23. The van der Waals surface area contributed by atoms with E-state index in [9.17, 15) is 14.0 Å². The molecule has 0 spiro atoms. The van der Waals surface area contributed by atoms with Crippen molar-refractivity contribution in [1.29, 1.82) is 0 Å². The zero-order valence-electron chi connectivity index (χ0n) is 14.2. The van der Waals surface area contributed by atoms with E-state index in [1.54, 1.807) is 25.3 Å². The molecule has 2 atom stereocenters. The lowest BCUT2D eigenvalue weighted by atomic mass is 10.1. The first-order valence-electron chi connectivity index (χ1n) is 8.24. The van der Waals surface area contributed by atoms with Gasteiger partial charge in [-0.2, -0.15) is 0 Å². The normalized spacial score (nSPS) is 20.2. The molecule has 0 saturated carbocycles. The van der Waals surface area contributed by atoms with Gasteiger partial charge in [-0.15, -0.1) is 11.8 Å². The number of carbonyl (C=O) groups is 2. The van der Waals surface area contributed by atoms with Crippen molar-refractivity contribution in [3.05, 3.63) is 35.6 Å². The summed E-state index contributed by atoms with van der Waals surface area (Å²) in [6.45, 7) is 2.46. The van der Waals surface area contributed by atoms with E-state index in [-0.39, 0.29) is 22.9 Å². The number of amides is 2. The Morgan fingerprint density at radius 3 is 2.88 bits per heavy atom. The number of hydrogen-bond donors (Lipinski definition) is 3. The molecule has 2 amide bonds. The van der Waals surface area contributed by atoms with Crippen molar-refractivity contribution in [3.63, 3.8) is 0 Å². The van der Waals surface area contributed by atoms with E-state index in [0.717, 1.165) is 6.54 Å². The fourth-order valence-corrected chi connectivity index (χ4v) is 3.62. The van der Waals surface area contributed by atoms with Gasteiger partial charge < -0.3 is 20.7 Å². The average molecular weight is 369 g/mol. The predicted octanol–water partition coefficient (Wildman–Crippen LogP) is 0.321. The molecule has 1 heterocycles. The van der Waals surface area contributed by atoms with E-state index < -0.39 is 6.04 Å². The molecule has 0 bridgehead atoms. The minimum absolute atomic E-state index is 0.196. The Morgan fingerprint density at radius 1 is 1.36 bits per heavy atom. The number of rotatable bonds is 9. The summed E-state index contributed by atoms with van der Waals surface area (Å²) in [6.07, 6.45) is 0.320. The molecule has 2 rings (SSSR count). The Morgan fingerprint density at radius 2 is 2.16 bits per heavy atom. The van der Waals surface area contributed by atoms with Crippen molar-refractivity contribution in [1.82, 2.24) is 16.0 Å². The fourth-order valence-electron chi connectivity index (χ4n) is 2.45. The van der Waals surface area contributed by atoms with Crippen LogP contribution in [0.25, 0.3) is 0 Å². The first-order valence-corrected chi connectivity index (χ1v) is 9.29. The summed E-state index contributed by atoms with van der Waals surface area (Å²) in [5, 5.41) is 8.27. The van der Waals surface area contributed by atoms with Crippen LogP contribution in [0, 0.1) is 5.82 Å². The lowest BCUT2D eigenvalue weighted by Gasteiger charge is -2.28. The van der Waals surface area contributed by atoms with Gasteiger partial charge in [0, 0.05) is 32.5 Å². The molecule has 1 aromatic carbocycles. The molecule has 0 aliphatic carbocycles. The Labute approximate surface area is 151 Å². The Hall–Kier alpha value is -1.64. The number of methoxy groups -OCH3 is 1. The topological polar surface area (TPSA) is 79.5 Å². The van der Waals surface area contributed by atoms with Gasteiger partial charge in [0.25, 0.3) is 0 Å². The maximum Gasteiger partial charge on any atom is 0.243 e. The number of ether oxygens (including phenoxy) is 1. The fraction of sp³-hybridized carbons (Fsp3) is 0.529. The van der Waals surface area contributed by atoms with Gasteiger partial charge in [-0.05, 0) is 18.1 Å². The maximum absolute atomic E-state index is 13.7. The summed E-state index contributed by atoms with van der Waals surface area (Å²) in [7, 11) is 1.63. The molecule has 1 aliphatic rings. The molecule has 1 aliphatic heterocycles. The van der Waals surface area contributed by atoms with Gasteiger partial charge in [-0.25, -0.2) is 4.39 Å². The number of benzene rings is 1. The van der Waals surface area contributed by atoms with Crippen LogP contribution in [0.5, 0.6) is 0 Å². The van der Waals surface area contributed by atoms with Crippen molar-refractivity contribution in [2.75, 3.05) is 39.1 Å². The number of carbonyl (C=O) groups excluding carboxylic acids is 2. The van der Waals surface area contributed by atoms with Crippen molar-refractivity contribution in [2.24, 2.45) is 0 Å². The number of hydrogen-bond acceptors (Lipinski definition) is 5. The van der Waals surface area contributed by atoms with E-state index in [2.05, 4.69) is 16.0 Å². The summed E-state index contributed by atoms with van der Waals surface area (Å²) >= 11 is 1.39. The van der Waals surface area contributed by atoms with Crippen LogP contribution in [0.3, 0.4) is 0 Å². The molecule has 0 radical (unpaired) electrons. The molecule has 1 fully saturated rings. The van der Waals surface area contributed by atoms with E-state index in [1.165, 1.54) is 17.8 Å². The van der Waals surface area contributed by atoms with Crippen LogP contribution in [0.1, 0.15) is 5.56 Å². The molecule has 1 aromatic rings. The van der Waals surface area contributed by atoms with Crippen LogP contribution < -0.4 is 16.0 Å². The average Bonchev–Trinajstić information content (AvgIpc) is 2.61. The molecule has 0 aromatic heterocycles. The summed E-state index contributed by atoms with van der Waals surface area (Å²) in [6, 6.07) is 5.89. The lowest BCUT2D eigenvalue weighted by molar-refractivity contribution is -0.128. The van der Waals surface area contributed by atoms with Gasteiger partial charge >= 0.3 is 0 Å². The maximum atomic E-state index is 13.7. The Balaban J connectivity index is 1.72. The summed E-state index contributed by atoms with van der Waals surface area (Å²) in [5.41, 5.74) is 0.514. The lowest BCUT2D eigenvalue weighted by Crippen LogP contribution is -2.55. The highest BCUT2D eigenvalue weighted by molar-refractivity contribution is 8.00. The Bertz CT molecular complexity index is 588. The van der Waals surface area contributed by atoms with Gasteiger partial charge in [-0.1, -0.05) is 18.2 Å². The molecule has 2 unspecified atom stereocenters. The van der Waals surface area contributed by atoms with Crippen LogP contribution in [0.4, 0.5) is 4.39 Å². The largest absolute Gasteiger partial charge is 0.383 e. The molecule has 8 heteroatoms. The third-order valence-corrected chi connectivity index (χ3v) is 5.15. The van der Waals surface area contributed by atoms with Gasteiger partial charge in [-0.3, -0.25) is 9.59 Å². The second-order valence-electron chi connectivity index (χ2n) is 5.71. The first-order chi connectivity index (χ1) is 12.1. The van der Waals surface area contributed by atoms with Crippen molar-refractivity contribution >= 4 is 23.6 Å². The third kappa shape index (κ3) is 6.30. The van der Waals surface area contributed by atoms with Crippen LogP contribution in [-0.4, -0.2) is 62.2 Å². The van der Waals surface area contributed by atoms with Crippen LogP contribution in [0.15, 0.2) is 24.3 Å². The van der Waals surface area contributed by atoms with Crippen LogP contribution >= 0.6 is 11.8 Å². The Kier molecular flexibility index (Phi) is 8.17. The van der Waals surface area contributed by atoms with Crippen molar-refractivity contribution in [3.8, 4) is 0 Å². The van der Waals surface area contributed by atoms with Gasteiger partial charge in [0.2, 0.25) is 11.8 Å². The molecular formula is C17H24FN3O3S. The van der Waals surface area contributed by atoms with Gasteiger partial charge in [0.1, 0.15) is 11.9 Å². The number of halogens is 1.